The monoisotopic (exact) mass is 502 g/mol. The average Bonchev–Trinajstić information content (AvgIpc) is 2.76. The molecule has 0 amide bonds. The molecule has 6 nitrogen and oxygen atoms in total. The minimum Gasteiger partial charge on any atom is -0.481 e. The molecular weight excluding hydrogens is 456 g/mol. The van der Waals surface area contributed by atoms with Crippen LogP contribution < -0.4 is 0 Å². The second kappa shape index (κ2) is 7.59. The maximum atomic E-state index is 12.8. The SMILES string of the molecule is CC1(C)CC[C@]2(C(=O)O)[C@H](O)C[C@]3(C)C(=CC[C@H]4[C@@]5(C)CC[C@H](O)[C@@](C)(C(=O)O)[C@@H]5CC[C@]43C)[C@H]2C1. The lowest BCUT2D eigenvalue weighted by atomic mass is 9.33. The molecule has 5 rings (SSSR count). The number of hydrogen-bond donors (Lipinski definition) is 4. The van der Waals surface area contributed by atoms with Crippen LogP contribution in [0.1, 0.15) is 99.3 Å². The number of fused-ring (bicyclic) bond motifs is 7. The third-order valence-electron chi connectivity index (χ3n) is 13.2. The molecule has 202 valence electrons. The van der Waals surface area contributed by atoms with Crippen molar-refractivity contribution in [1.29, 1.82) is 0 Å². The lowest BCUT2D eigenvalue weighted by Gasteiger charge is -2.71. The molecule has 5 aliphatic carbocycles. The lowest BCUT2D eigenvalue weighted by molar-refractivity contribution is -0.225. The van der Waals surface area contributed by atoms with Crippen molar-refractivity contribution in [2.75, 3.05) is 0 Å². The number of aliphatic hydroxyl groups is 2. The molecule has 36 heavy (non-hydrogen) atoms. The zero-order valence-corrected chi connectivity index (χ0v) is 22.9. The number of aliphatic hydroxyl groups excluding tert-OH is 2. The van der Waals surface area contributed by atoms with Crippen LogP contribution in [0, 0.1) is 50.2 Å². The Kier molecular flexibility index (Phi) is 5.53. The largest absolute Gasteiger partial charge is 0.481 e. The van der Waals surface area contributed by atoms with Crippen LogP contribution in [0.2, 0.25) is 0 Å². The maximum Gasteiger partial charge on any atom is 0.312 e. The third kappa shape index (κ3) is 2.92. The second-order valence-corrected chi connectivity index (χ2v) is 14.9. The Morgan fingerprint density at radius 2 is 1.47 bits per heavy atom. The smallest absolute Gasteiger partial charge is 0.312 e. The van der Waals surface area contributed by atoms with Gasteiger partial charge in [-0.1, -0.05) is 46.3 Å². The van der Waals surface area contributed by atoms with Crippen molar-refractivity contribution in [3.05, 3.63) is 11.6 Å². The minimum absolute atomic E-state index is 0.0205. The van der Waals surface area contributed by atoms with Crippen molar-refractivity contribution in [2.24, 2.45) is 50.2 Å². The Balaban J connectivity index is 1.63. The maximum absolute atomic E-state index is 12.8. The van der Waals surface area contributed by atoms with Gasteiger partial charge in [-0.2, -0.15) is 0 Å². The van der Waals surface area contributed by atoms with E-state index in [1.807, 2.05) is 0 Å². The number of carboxylic acid groups (broad SMARTS) is 2. The van der Waals surface area contributed by atoms with Gasteiger partial charge in [-0.3, -0.25) is 9.59 Å². The van der Waals surface area contributed by atoms with Gasteiger partial charge < -0.3 is 20.4 Å². The van der Waals surface area contributed by atoms with E-state index >= 15 is 0 Å². The fraction of sp³-hybridized carbons (Fsp3) is 0.867. The summed E-state index contributed by atoms with van der Waals surface area (Å²) in [5.41, 5.74) is -1.82. The summed E-state index contributed by atoms with van der Waals surface area (Å²) in [6.07, 6.45) is 6.70. The molecule has 0 aromatic carbocycles. The Hall–Kier alpha value is -1.40. The second-order valence-electron chi connectivity index (χ2n) is 14.9. The topological polar surface area (TPSA) is 115 Å². The van der Waals surface area contributed by atoms with Gasteiger partial charge in [0.2, 0.25) is 0 Å². The lowest BCUT2D eigenvalue weighted by Crippen LogP contribution is -2.68. The van der Waals surface area contributed by atoms with Gasteiger partial charge in [0, 0.05) is 0 Å². The predicted molar refractivity (Wildman–Crippen MR) is 136 cm³/mol. The van der Waals surface area contributed by atoms with Crippen molar-refractivity contribution in [2.45, 2.75) is 112 Å². The number of hydrogen-bond acceptors (Lipinski definition) is 4. The van der Waals surface area contributed by atoms with E-state index in [4.69, 9.17) is 0 Å². The van der Waals surface area contributed by atoms with Crippen LogP contribution >= 0.6 is 0 Å². The average molecular weight is 503 g/mol. The summed E-state index contributed by atoms with van der Waals surface area (Å²) < 4.78 is 0. The first kappa shape index (κ1) is 26.2. The molecule has 4 saturated carbocycles. The van der Waals surface area contributed by atoms with Crippen molar-refractivity contribution < 1.29 is 30.0 Å². The van der Waals surface area contributed by atoms with Crippen LogP contribution in [-0.2, 0) is 9.59 Å². The van der Waals surface area contributed by atoms with E-state index in [0.29, 0.717) is 19.3 Å². The van der Waals surface area contributed by atoms with Gasteiger partial charge in [0.1, 0.15) is 5.41 Å². The van der Waals surface area contributed by atoms with Crippen LogP contribution in [0.4, 0.5) is 0 Å². The highest BCUT2D eigenvalue weighted by molar-refractivity contribution is 5.78. The molecule has 0 aliphatic heterocycles. The normalized spacial score (nSPS) is 53.7. The Labute approximate surface area is 215 Å². The van der Waals surface area contributed by atoms with Crippen LogP contribution in [0.15, 0.2) is 11.6 Å². The molecule has 4 fully saturated rings. The Morgan fingerprint density at radius 3 is 2.08 bits per heavy atom. The van der Waals surface area contributed by atoms with Crippen molar-refractivity contribution in [1.82, 2.24) is 0 Å². The number of allylic oxidation sites excluding steroid dienone is 2. The highest BCUT2D eigenvalue weighted by Crippen LogP contribution is 2.75. The minimum atomic E-state index is -1.17. The highest BCUT2D eigenvalue weighted by Gasteiger charge is 2.72. The first-order valence-electron chi connectivity index (χ1n) is 14.0. The molecule has 0 spiro atoms. The van der Waals surface area contributed by atoms with Crippen LogP contribution in [0.3, 0.4) is 0 Å². The molecule has 4 N–H and O–H groups in total. The Morgan fingerprint density at radius 1 is 0.806 bits per heavy atom. The van der Waals surface area contributed by atoms with Gasteiger partial charge in [0.05, 0.1) is 17.6 Å². The summed E-state index contributed by atoms with van der Waals surface area (Å²) in [6.45, 7) is 13.0. The van der Waals surface area contributed by atoms with Crippen LogP contribution in [-0.4, -0.2) is 44.6 Å². The summed E-state index contributed by atoms with van der Waals surface area (Å²) in [5, 5.41) is 43.3. The number of carboxylic acids is 2. The molecule has 10 atom stereocenters. The van der Waals surface area contributed by atoms with E-state index in [9.17, 15) is 30.0 Å². The zero-order chi connectivity index (χ0) is 26.7. The van der Waals surface area contributed by atoms with Crippen molar-refractivity contribution >= 4 is 11.9 Å². The Bertz CT molecular complexity index is 1020. The summed E-state index contributed by atoms with van der Waals surface area (Å²) >= 11 is 0. The van der Waals surface area contributed by atoms with Gasteiger partial charge in [-0.05, 0) is 104 Å². The fourth-order valence-electron chi connectivity index (χ4n) is 10.7. The molecule has 6 heteroatoms. The van der Waals surface area contributed by atoms with E-state index < -0.39 is 35.0 Å². The van der Waals surface area contributed by atoms with Gasteiger partial charge in [-0.25, -0.2) is 0 Å². The van der Waals surface area contributed by atoms with Crippen LogP contribution in [0.25, 0.3) is 0 Å². The van der Waals surface area contributed by atoms with Crippen molar-refractivity contribution in [3.8, 4) is 0 Å². The van der Waals surface area contributed by atoms with E-state index in [-0.39, 0.29) is 39.4 Å². The van der Waals surface area contributed by atoms with E-state index in [1.54, 1.807) is 6.92 Å². The van der Waals surface area contributed by atoms with Crippen LogP contribution in [0.5, 0.6) is 0 Å². The van der Waals surface area contributed by atoms with Gasteiger partial charge >= 0.3 is 11.9 Å². The van der Waals surface area contributed by atoms with Gasteiger partial charge in [0.25, 0.3) is 0 Å². The quantitative estimate of drug-likeness (QED) is 0.383. The van der Waals surface area contributed by atoms with Gasteiger partial charge in [0.15, 0.2) is 0 Å². The summed E-state index contributed by atoms with van der Waals surface area (Å²) in [6, 6.07) is 0. The van der Waals surface area contributed by atoms with E-state index in [1.165, 1.54) is 5.57 Å². The van der Waals surface area contributed by atoms with Crippen molar-refractivity contribution in [3.63, 3.8) is 0 Å². The summed E-state index contributed by atoms with van der Waals surface area (Å²) in [5.74, 6) is -1.86. The van der Waals surface area contributed by atoms with Gasteiger partial charge in [-0.15, -0.1) is 0 Å². The number of rotatable bonds is 2. The molecule has 0 aromatic rings. The predicted octanol–water partition coefficient (Wildman–Crippen LogP) is 5.27. The van der Waals surface area contributed by atoms with E-state index in [0.717, 1.165) is 38.5 Å². The molecule has 0 unspecified atom stereocenters. The standard InChI is InChI=1S/C30H46O6/c1-25(2)13-14-30(24(35)36)18(15-25)17-7-8-19-26(3)11-10-21(31)29(6,23(33)34)20(26)9-12-27(19,4)28(17,5)16-22(30)32/h7,18-22,31-32H,8-16H2,1-6H3,(H,33,34)(H,35,36)/t18-,19+,20-,21+,22-,26-,27-,28-,29+,30-/m1/s1. The first-order valence-corrected chi connectivity index (χ1v) is 14.0. The number of aliphatic carboxylic acids is 2. The molecule has 0 heterocycles. The molecule has 5 aliphatic rings. The molecule has 0 saturated heterocycles. The molecule has 0 bridgehead atoms. The molecule has 0 aromatic heterocycles. The summed E-state index contributed by atoms with van der Waals surface area (Å²) in [7, 11) is 0. The summed E-state index contributed by atoms with van der Waals surface area (Å²) in [4.78, 5) is 25.3. The fourth-order valence-corrected chi connectivity index (χ4v) is 10.7. The number of carbonyl (C=O) groups is 2. The first-order chi connectivity index (χ1) is 16.5. The molecular formula is C30H46O6. The van der Waals surface area contributed by atoms with E-state index in [2.05, 4.69) is 40.7 Å². The highest BCUT2D eigenvalue weighted by atomic mass is 16.4. The zero-order valence-electron chi connectivity index (χ0n) is 22.9. The molecule has 0 radical (unpaired) electrons. The third-order valence-corrected chi connectivity index (χ3v) is 13.2.